The molecule has 2 atom stereocenters. The Kier molecular flexibility index (Phi) is 5.98. The van der Waals surface area contributed by atoms with Crippen molar-refractivity contribution in [2.75, 3.05) is 26.3 Å². The molecular weight excluding hydrogens is 252 g/mol. The predicted molar refractivity (Wildman–Crippen MR) is 80.5 cm³/mol. The van der Waals surface area contributed by atoms with Gasteiger partial charge in [-0.25, -0.2) is 0 Å². The second-order valence-corrected chi connectivity index (χ2v) is 5.54. The maximum Gasteiger partial charge on any atom is 0.0701 e. The van der Waals surface area contributed by atoms with Gasteiger partial charge in [-0.3, -0.25) is 4.90 Å². The van der Waals surface area contributed by atoms with Crippen LogP contribution in [0.1, 0.15) is 31.4 Å². The van der Waals surface area contributed by atoms with E-state index in [9.17, 15) is 0 Å². The van der Waals surface area contributed by atoms with Crippen LogP contribution in [0.3, 0.4) is 0 Å². The molecule has 3 N–H and O–H groups in total. The summed E-state index contributed by atoms with van der Waals surface area (Å²) in [6.07, 6.45) is 2.30. The Hall–Kier alpha value is -0.940. The van der Waals surface area contributed by atoms with Crippen LogP contribution in [0.2, 0.25) is 0 Å². The van der Waals surface area contributed by atoms with Gasteiger partial charge in [0, 0.05) is 25.2 Å². The van der Waals surface area contributed by atoms with Gasteiger partial charge < -0.3 is 15.6 Å². The second kappa shape index (κ2) is 7.74. The molecule has 1 heterocycles. The number of piperidine rings is 1. The summed E-state index contributed by atoms with van der Waals surface area (Å²) in [6, 6.07) is 10.9. The van der Waals surface area contributed by atoms with Gasteiger partial charge in [-0.15, -0.1) is 0 Å². The number of ether oxygens (including phenoxy) is 1. The molecule has 1 aromatic rings. The zero-order chi connectivity index (χ0) is 14.4. The Morgan fingerprint density at radius 3 is 2.50 bits per heavy atom. The number of nitrogens with two attached hydrogens (primary N) is 1. The monoisotopic (exact) mass is 278 g/mol. The van der Waals surface area contributed by atoms with E-state index >= 15 is 0 Å². The first-order chi connectivity index (χ1) is 9.72. The largest absolute Gasteiger partial charge is 0.394 e. The van der Waals surface area contributed by atoms with E-state index in [2.05, 4.69) is 36.1 Å². The van der Waals surface area contributed by atoms with Crippen LogP contribution in [0.4, 0.5) is 0 Å². The average molecular weight is 278 g/mol. The Morgan fingerprint density at radius 1 is 1.30 bits per heavy atom. The van der Waals surface area contributed by atoms with Gasteiger partial charge in [-0.1, -0.05) is 30.3 Å². The molecule has 4 heteroatoms. The number of nitrogens with zero attached hydrogens (tertiary/aromatic N) is 1. The fourth-order valence-corrected chi connectivity index (χ4v) is 3.04. The lowest BCUT2D eigenvalue weighted by Gasteiger charge is -2.39. The van der Waals surface area contributed by atoms with Crippen LogP contribution < -0.4 is 5.73 Å². The minimum Gasteiger partial charge on any atom is -0.394 e. The number of benzene rings is 1. The molecule has 0 radical (unpaired) electrons. The first kappa shape index (κ1) is 15.4. The van der Waals surface area contributed by atoms with Crippen molar-refractivity contribution in [1.82, 2.24) is 4.90 Å². The van der Waals surface area contributed by atoms with E-state index in [1.165, 1.54) is 5.56 Å². The van der Waals surface area contributed by atoms with Crippen LogP contribution in [-0.2, 0) is 4.74 Å². The highest BCUT2D eigenvalue weighted by Crippen LogP contribution is 2.27. The minimum atomic E-state index is 0.104. The van der Waals surface area contributed by atoms with Crippen molar-refractivity contribution >= 4 is 0 Å². The number of hydrogen-bond donors (Lipinski definition) is 2. The first-order valence-electron chi connectivity index (χ1n) is 7.49. The van der Waals surface area contributed by atoms with Gasteiger partial charge in [-0.05, 0) is 25.3 Å². The van der Waals surface area contributed by atoms with Gasteiger partial charge in [0.2, 0.25) is 0 Å². The molecule has 1 fully saturated rings. The lowest BCUT2D eigenvalue weighted by atomic mass is 9.96. The third kappa shape index (κ3) is 4.03. The maximum atomic E-state index is 8.81. The van der Waals surface area contributed by atoms with E-state index in [1.807, 2.05) is 6.07 Å². The topological polar surface area (TPSA) is 58.7 Å². The highest BCUT2D eigenvalue weighted by atomic mass is 16.5. The van der Waals surface area contributed by atoms with Gasteiger partial charge >= 0.3 is 0 Å². The van der Waals surface area contributed by atoms with Crippen molar-refractivity contribution in [1.29, 1.82) is 0 Å². The van der Waals surface area contributed by atoms with E-state index in [-0.39, 0.29) is 24.8 Å². The molecule has 4 nitrogen and oxygen atoms in total. The van der Waals surface area contributed by atoms with E-state index < -0.39 is 0 Å². The standard InChI is InChI=1S/C16H26N2O2/c1-13(17)16(14-5-3-2-4-6-14)18-9-7-15(8-10-18)20-12-11-19/h2-6,13,15-16,19H,7-12,17H2,1H3. The van der Waals surface area contributed by atoms with Crippen molar-refractivity contribution in [2.24, 2.45) is 5.73 Å². The zero-order valence-corrected chi connectivity index (χ0v) is 12.2. The molecule has 2 unspecified atom stereocenters. The van der Waals surface area contributed by atoms with Crippen LogP contribution in [-0.4, -0.2) is 48.5 Å². The smallest absolute Gasteiger partial charge is 0.0701 e. The highest BCUT2D eigenvalue weighted by molar-refractivity contribution is 5.20. The summed E-state index contributed by atoms with van der Waals surface area (Å²) in [5.41, 5.74) is 7.50. The molecule has 0 bridgehead atoms. The van der Waals surface area contributed by atoms with Gasteiger partial charge in [0.1, 0.15) is 0 Å². The number of likely N-dealkylation sites (tertiary alicyclic amines) is 1. The van der Waals surface area contributed by atoms with Gasteiger partial charge in [-0.2, -0.15) is 0 Å². The molecule has 0 spiro atoms. The molecule has 1 saturated heterocycles. The molecule has 2 rings (SSSR count). The van der Waals surface area contributed by atoms with E-state index in [0.29, 0.717) is 6.61 Å². The molecule has 0 aromatic heterocycles. The van der Waals surface area contributed by atoms with Crippen LogP contribution in [0.15, 0.2) is 30.3 Å². The molecule has 112 valence electrons. The molecular formula is C16H26N2O2. The Morgan fingerprint density at radius 2 is 1.95 bits per heavy atom. The van der Waals surface area contributed by atoms with Gasteiger partial charge in [0.05, 0.1) is 19.3 Å². The van der Waals surface area contributed by atoms with Crippen molar-refractivity contribution in [3.05, 3.63) is 35.9 Å². The van der Waals surface area contributed by atoms with Crippen LogP contribution in [0, 0.1) is 0 Å². The lowest BCUT2D eigenvalue weighted by Crippen LogP contribution is -2.45. The summed E-state index contributed by atoms with van der Waals surface area (Å²) in [6.45, 7) is 4.62. The summed E-state index contributed by atoms with van der Waals surface area (Å²) in [5.74, 6) is 0. The molecule has 1 aliphatic heterocycles. The van der Waals surface area contributed by atoms with Crippen LogP contribution in [0.25, 0.3) is 0 Å². The normalized spacial score (nSPS) is 20.8. The number of aliphatic hydroxyl groups is 1. The highest BCUT2D eigenvalue weighted by Gasteiger charge is 2.28. The Bertz CT molecular complexity index is 375. The fraction of sp³-hybridized carbons (Fsp3) is 0.625. The maximum absolute atomic E-state index is 8.81. The molecule has 0 saturated carbocycles. The molecule has 0 aliphatic carbocycles. The lowest BCUT2D eigenvalue weighted by molar-refractivity contribution is -0.0172. The van der Waals surface area contributed by atoms with Crippen molar-refractivity contribution in [3.63, 3.8) is 0 Å². The average Bonchev–Trinajstić information content (AvgIpc) is 2.47. The van der Waals surface area contributed by atoms with Crippen molar-refractivity contribution in [3.8, 4) is 0 Å². The fourth-order valence-electron chi connectivity index (χ4n) is 3.04. The molecule has 1 aromatic carbocycles. The summed E-state index contributed by atoms with van der Waals surface area (Å²) in [5, 5.41) is 8.81. The summed E-state index contributed by atoms with van der Waals surface area (Å²) < 4.78 is 5.62. The van der Waals surface area contributed by atoms with E-state index in [1.54, 1.807) is 0 Å². The number of rotatable bonds is 6. The zero-order valence-electron chi connectivity index (χ0n) is 12.2. The predicted octanol–water partition coefficient (Wildman–Crippen LogP) is 1.55. The number of aliphatic hydroxyl groups excluding tert-OH is 1. The molecule has 0 amide bonds. The molecule has 20 heavy (non-hydrogen) atoms. The third-order valence-electron chi connectivity index (χ3n) is 3.95. The number of hydrogen-bond acceptors (Lipinski definition) is 4. The van der Waals surface area contributed by atoms with Crippen molar-refractivity contribution < 1.29 is 9.84 Å². The van der Waals surface area contributed by atoms with Gasteiger partial charge in [0.25, 0.3) is 0 Å². The quantitative estimate of drug-likeness (QED) is 0.829. The Labute approximate surface area is 121 Å². The first-order valence-corrected chi connectivity index (χ1v) is 7.49. The van der Waals surface area contributed by atoms with Gasteiger partial charge in [0.15, 0.2) is 0 Å². The molecule has 1 aliphatic rings. The van der Waals surface area contributed by atoms with Crippen LogP contribution in [0.5, 0.6) is 0 Å². The Balaban J connectivity index is 1.96. The van der Waals surface area contributed by atoms with Crippen LogP contribution >= 0.6 is 0 Å². The minimum absolute atomic E-state index is 0.104. The summed E-state index contributed by atoms with van der Waals surface area (Å²) in [7, 11) is 0. The SMILES string of the molecule is CC(N)C(c1ccccc1)N1CCC(OCCO)CC1. The second-order valence-electron chi connectivity index (χ2n) is 5.54. The third-order valence-corrected chi connectivity index (χ3v) is 3.95. The van der Waals surface area contributed by atoms with Crippen molar-refractivity contribution in [2.45, 2.75) is 38.0 Å². The summed E-state index contributed by atoms with van der Waals surface area (Å²) in [4.78, 5) is 2.46. The summed E-state index contributed by atoms with van der Waals surface area (Å²) >= 11 is 0. The van der Waals surface area contributed by atoms with E-state index in [0.717, 1.165) is 25.9 Å². The van der Waals surface area contributed by atoms with E-state index in [4.69, 9.17) is 15.6 Å².